The summed E-state index contributed by atoms with van der Waals surface area (Å²) in [5.74, 6) is 0.986. The van der Waals surface area contributed by atoms with Crippen LogP contribution in [0.2, 0.25) is 5.02 Å². The molecule has 2 N–H and O–H groups in total. The Bertz CT molecular complexity index is 776. The first-order valence-corrected chi connectivity index (χ1v) is 8.85. The summed E-state index contributed by atoms with van der Waals surface area (Å²) in [4.78, 5) is 21.2. The maximum atomic E-state index is 11.0. The van der Waals surface area contributed by atoms with Crippen LogP contribution in [0.25, 0.3) is 0 Å². The first-order valence-electron chi connectivity index (χ1n) is 7.68. The van der Waals surface area contributed by atoms with E-state index in [1.54, 1.807) is 11.9 Å². The van der Waals surface area contributed by atoms with E-state index in [9.17, 15) is 4.79 Å². The molecule has 1 aromatic carbocycles. The number of carbonyl (C=O) groups is 1. The van der Waals surface area contributed by atoms with Gasteiger partial charge in [0.15, 0.2) is 0 Å². The molecule has 0 spiro atoms. The van der Waals surface area contributed by atoms with E-state index in [4.69, 9.17) is 16.3 Å². The van der Waals surface area contributed by atoms with Gasteiger partial charge in [-0.25, -0.2) is 4.98 Å². The van der Waals surface area contributed by atoms with E-state index in [-0.39, 0.29) is 6.10 Å². The van der Waals surface area contributed by atoms with Gasteiger partial charge in [0.05, 0.1) is 25.0 Å². The number of hydrogen-bond acceptors (Lipinski definition) is 6. The van der Waals surface area contributed by atoms with E-state index in [2.05, 4.69) is 36.5 Å². The Labute approximate surface area is 158 Å². The highest BCUT2D eigenvalue weighted by Crippen LogP contribution is 2.31. The summed E-state index contributed by atoms with van der Waals surface area (Å²) >= 11 is 9.55. The average molecular weight is 427 g/mol. The fourth-order valence-electron chi connectivity index (χ4n) is 2.52. The molecule has 0 radical (unpaired) electrons. The van der Waals surface area contributed by atoms with E-state index in [0.717, 1.165) is 22.1 Å². The number of nitrogens with one attached hydrogen (secondary N) is 2. The fourth-order valence-corrected chi connectivity index (χ4v) is 3.20. The largest absolute Gasteiger partial charge is 0.372 e. The number of nitrogens with zero attached hydrogens (tertiary/aromatic N) is 3. The summed E-state index contributed by atoms with van der Waals surface area (Å²) in [5, 5.41) is 6.52. The number of anilines is 3. The summed E-state index contributed by atoms with van der Waals surface area (Å²) in [7, 11) is 1.75. The summed E-state index contributed by atoms with van der Waals surface area (Å²) in [6, 6.07) is 5.84. The van der Waals surface area contributed by atoms with Crippen LogP contribution < -0.4 is 10.6 Å². The van der Waals surface area contributed by atoms with Gasteiger partial charge in [0.2, 0.25) is 12.4 Å². The Morgan fingerprint density at radius 3 is 3.04 bits per heavy atom. The Hall–Kier alpha value is -1.90. The lowest BCUT2D eigenvalue weighted by molar-refractivity contribution is -0.125. The van der Waals surface area contributed by atoms with Crippen molar-refractivity contribution >= 4 is 51.4 Å². The van der Waals surface area contributed by atoms with Crippen molar-refractivity contribution in [2.45, 2.75) is 6.10 Å². The Morgan fingerprint density at radius 2 is 2.32 bits per heavy atom. The van der Waals surface area contributed by atoms with Gasteiger partial charge in [0.1, 0.15) is 16.9 Å². The predicted molar refractivity (Wildman–Crippen MR) is 100 cm³/mol. The van der Waals surface area contributed by atoms with Crippen molar-refractivity contribution in [1.82, 2.24) is 14.9 Å². The molecule has 9 heteroatoms. The highest BCUT2D eigenvalue weighted by atomic mass is 79.9. The van der Waals surface area contributed by atoms with Gasteiger partial charge in [-0.1, -0.05) is 17.7 Å². The molecule has 2 heterocycles. The van der Waals surface area contributed by atoms with Crippen LogP contribution in [-0.4, -0.2) is 48.0 Å². The molecule has 1 aliphatic heterocycles. The van der Waals surface area contributed by atoms with E-state index in [1.807, 2.05) is 18.2 Å². The van der Waals surface area contributed by atoms with Gasteiger partial charge < -0.3 is 20.3 Å². The second-order valence-corrected chi connectivity index (χ2v) is 6.73. The molecule has 0 aliphatic carbocycles. The zero-order valence-corrected chi connectivity index (χ0v) is 15.8. The predicted octanol–water partition coefficient (Wildman–Crippen LogP) is 3.21. The van der Waals surface area contributed by atoms with Gasteiger partial charge in [-0.3, -0.25) is 4.79 Å². The lowest BCUT2D eigenvalue weighted by Crippen LogP contribution is -2.37. The van der Waals surface area contributed by atoms with Crippen molar-refractivity contribution in [3.63, 3.8) is 0 Å². The van der Waals surface area contributed by atoms with E-state index in [1.165, 1.54) is 6.20 Å². The lowest BCUT2D eigenvalue weighted by Gasteiger charge is -2.30. The SMILES string of the molecule is CNc1nc(Nc2ccc(C3CN(C=O)CCO3)cc2Br)ncc1Cl. The van der Waals surface area contributed by atoms with Crippen LogP contribution in [0, 0.1) is 0 Å². The summed E-state index contributed by atoms with van der Waals surface area (Å²) in [6.45, 7) is 1.71. The number of ether oxygens (including phenoxy) is 1. The molecule has 132 valence electrons. The van der Waals surface area contributed by atoms with Crippen molar-refractivity contribution in [2.75, 3.05) is 37.4 Å². The zero-order valence-electron chi connectivity index (χ0n) is 13.5. The standard InChI is InChI=1S/C16H17BrClN5O2/c1-19-15-12(18)7-20-16(22-15)21-13-3-2-10(6-11(13)17)14-8-23(9-24)4-5-25-14/h2-3,6-7,9,14H,4-5,8H2,1H3,(H2,19,20,21,22). The van der Waals surface area contributed by atoms with Crippen LogP contribution in [0.5, 0.6) is 0 Å². The van der Waals surface area contributed by atoms with Crippen LogP contribution in [0.3, 0.4) is 0 Å². The number of hydrogen-bond donors (Lipinski definition) is 2. The first-order chi connectivity index (χ1) is 12.1. The van der Waals surface area contributed by atoms with Crippen molar-refractivity contribution in [2.24, 2.45) is 0 Å². The number of carbonyl (C=O) groups excluding carboxylic acids is 1. The molecule has 0 saturated carbocycles. The maximum absolute atomic E-state index is 11.0. The maximum Gasteiger partial charge on any atom is 0.229 e. The van der Waals surface area contributed by atoms with Crippen LogP contribution >= 0.6 is 27.5 Å². The normalized spacial score (nSPS) is 17.2. The van der Waals surface area contributed by atoms with Crippen molar-refractivity contribution in [1.29, 1.82) is 0 Å². The van der Waals surface area contributed by atoms with Crippen molar-refractivity contribution in [3.05, 3.63) is 39.5 Å². The minimum atomic E-state index is -0.132. The van der Waals surface area contributed by atoms with Gasteiger partial charge in [0.25, 0.3) is 0 Å². The molecular weight excluding hydrogens is 410 g/mol. The third-order valence-corrected chi connectivity index (χ3v) is 4.77. The van der Waals surface area contributed by atoms with Crippen molar-refractivity contribution < 1.29 is 9.53 Å². The second kappa shape index (κ2) is 7.99. The molecule has 1 atom stereocenters. The van der Waals surface area contributed by atoms with Crippen molar-refractivity contribution in [3.8, 4) is 0 Å². The number of halogens is 2. The quantitative estimate of drug-likeness (QED) is 0.715. The van der Waals surface area contributed by atoms with Crippen LogP contribution in [0.15, 0.2) is 28.9 Å². The molecule has 2 aromatic rings. The molecule has 1 aliphatic rings. The lowest BCUT2D eigenvalue weighted by atomic mass is 10.1. The van der Waals surface area contributed by atoms with Gasteiger partial charge in [-0.15, -0.1) is 0 Å². The number of aromatic nitrogens is 2. The van der Waals surface area contributed by atoms with E-state index < -0.39 is 0 Å². The monoisotopic (exact) mass is 425 g/mol. The Kier molecular flexibility index (Phi) is 5.72. The smallest absolute Gasteiger partial charge is 0.229 e. The summed E-state index contributed by atoms with van der Waals surface area (Å²) < 4.78 is 6.61. The molecular formula is C16H17BrClN5O2. The number of morpholine rings is 1. The minimum Gasteiger partial charge on any atom is -0.372 e. The van der Waals surface area contributed by atoms with Crippen LogP contribution in [-0.2, 0) is 9.53 Å². The number of amides is 1. The molecule has 25 heavy (non-hydrogen) atoms. The minimum absolute atomic E-state index is 0.132. The topological polar surface area (TPSA) is 79.4 Å². The first kappa shape index (κ1) is 17.9. The van der Waals surface area contributed by atoms with Gasteiger partial charge >= 0.3 is 0 Å². The average Bonchev–Trinajstić information content (AvgIpc) is 2.64. The molecule has 7 nitrogen and oxygen atoms in total. The second-order valence-electron chi connectivity index (χ2n) is 5.46. The third kappa shape index (κ3) is 4.20. The third-order valence-electron chi connectivity index (χ3n) is 3.84. The van der Waals surface area contributed by atoms with E-state index in [0.29, 0.717) is 36.5 Å². The van der Waals surface area contributed by atoms with Crippen LogP contribution in [0.4, 0.5) is 17.5 Å². The van der Waals surface area contributed by atoms with Gasteiger partial charge in [0, 0.05) is 18.1 Å². The van der Waals surface area contributed by atoms with Gasteiger partial charge in [-0.05, 0) is 33.6 Å². The zero-order chi connectivity index (χ0) is 17.8. The molecule has 1 fully saturated rings. The summed E-state index contributed by atoms with van der Waals surface area (Å²) in [5.41, 5.74) is 1.81. The van der Waals surface area contributed by atoms with E-state index >= 15 is 0 Å². The highest BCUT2D eigenvalue weighted by molar-refractivity contribution is 9.10. The Balaban J connectivity index is 1.77. The number of benzene rings is 1. The molecule has 1 aromatic heterocycles. The molecule has 3 rings (SSSR count). The molecule has 1 saturated heterocycles. The van der Waals surface area contributed by atoms with Gasteiger partial charge in [-0.2, -0.15) is 4.98 Å². The Morgan fingerprint density at radius 1 is 1.48 bits per heavy atom. The fraction of sp³-hybridized carbons (Fsp3) is 0.312. The summed E-state index contributed by atoms with van der Waals surface area (Å²) in [6.07, 6.45) is 2.26. The highest BCUT2D eigenvalue weighted by Gasteiger charge is 2.21. The van der Waals surface area contributed by atoms with Crippen LogP contribution in [0.1, 0.15) is 11.7 Å². The molecule has 1 unspecified atom stereocenters. The molecule has 0 bridgehead atoms. The number of rotatable bonds is 5. The molecule has 1 amide bonds.